The van der Waals surface area contributed by atoms with Gasteiger partial charge < -0.3 is 14.8 Å². The number of nitrogens with one attached hydrogen (secondary N) is 1. The standard InChI is InChI=1S/C23H30N4O3/c1-15-3-4-22-19(11-15)16(2)21(14-30-22)24-23(28)20-12-18-13-26(7-8-27(18)25-20)17-5-9-29-10-6-17/h3-4,11-12,16-17,21H,5-10,13-14H2,1-2H3,(H,24,28). The highest BCUT2D eigenvalue weighted by Gasteiger charge is 2.31. The Morgan fingerprint density at radius 1 is 1.20 bits per heavy atom. The number of fused-ring (bicyclic) bond motifs is 2. The van der Waals surface area contributed by atoms with Crippen LogP contribution in [-0.4, -0.2) is 59.0 Å². The molecule has 0 aliphatic carbocycles. The Kier molecular flexibility index (Phi) is 5.25. The van der Waals surface area contributed by atoms with Crippen LogP contribution in [0.3, 0.4) is 0 Å². The van der Waals surface area contributed by atoms with Crippen LogP contribution < -0.4 is 10.1 Å². The maximum atomic E-state index is 13.0. The number of nitrogens with zero attached hydrogens (tertiary/aromatic N) is 3. The van der Waals surface area contributed by atoms with Gasteiger partial charge in [-0.3, -0.25) is 14.4 Å². The summed E-state index contributed by atoms with van der Waals surface area (Å²) in [6, 6.07) is 8.69. The van der Waals surface area contributed by atoms with Gasteiger partial charge in [-0.05, 0) is 37.5 Å². The van der Waals surface area contributed by atoms with Gasteiger partial charge in [0.25, 0.3) is 5.91 Å². The van der Waals surface area contributed by atoms with Crippen LogP contribution in [0.4, 0.5) is 0 Å². The van der Waals surface area contributed by atoms with E-state index in [0.29, 0.717) is 18.3 Å². The number of carbonyl (C=O) groups excluding carboxylic acids is 1. The van der Waals surface area contributed by atoms with Gasteiger partial charge >= 0.3 is 0 Å². The topological polar surface area (TPSA) is 68.6 Å². The van der Waals surface area contributed by atoms with E-state index in [2.05, 4.69) is 41.3 Å². The zero-order chi connectivity index (χ0) is 20.7. The van der Waals surface area contributed by atoms with Crippen molar-refractivity contribution in [2.24, 2.45) is 0 Å². The predicted molar refractivity (Wildman–Crippen MR) is 113 cm³/mol. The number of hydrogen-bond acceptors (Lipinski definition) is 5. The molecule has 3 aliphatic heterocycles. The van der Waals surface area contributed by atoms with E-state index in [1.165, 1.54) is 5.56 Å². The second-order valence-corrected chi connectivity index (χ2v) is 8.78. The molecule has 4 heterocycles. The number of ether oxygens (including phenoxy) is 2. The molecule has 2 atom stereocenters. The molecule has 2 aromatic rings. The number of hydrogen-bond donors (Lipinski definition) is 1. The van der Waals surface area contributed by atoms with Gasteiger partial charge in [-0.25, -0.2) is 0 Å². The fourth-order valence-corrected chi connectivity index (χ4v) is 4.86. The maximum Gasteiger partial charge on any atom is 0.272 e. The van der Waals surface area contributed by atoms with E-state index >= 15 is 0 Å². The molecule has 30 heavy (non-hydrogen) atoms. The van der Waals surface area contributed by atoms with E-state index < -0.39 is 0 Å². The molecular formula is C23H30N4O3. The van der Waals surface area contributed by atoms with Gasteiger partial charge in [0.15, 0.2) is 5.69 Å². The van der Waals surface area contributed by atoms with Crippen molar-refractivity contribution in [3.63, 3.8) is 0 Å². The van der Waals surface area contributed by atoms with Crippen LogP contribution in [0.2, 0.25) is 0 Å². The molecule has 3 aliphatic rings. The summed E-state index contributed by atoms with van der Waals surface area (Å²) in [6.45, 7) is 9.05. The normalized spacial score (nSPS) is 24.6. The van der Waals surface area contributed by atoms with E-state index in [1.807, 2.05) is 16.8 Å². The van der Waals surface area contributed by atoms with Crippen molar-refractivity contribution in [3.8, 4) is 5.75 Å². The Balaban J connectivity index is 1.26. The van der Waals surface area contributed by atoms with Crippen LogP contribution in [0.1, 0.15) is 53.0 Å². The quantitative estimate of drug-likeness (QED) is 0.842. The molecule has 1 fully saturated rings. The van der Waals surface area contributed by atoms with Crippen molar-refractivity contribution in [2.75, 3.05) is 26.4 Å². The lowest BCUT2D eigenvalue weighted by atomic mass is 9.89. The minimum absolute atomic E-state index is 0.0655. The monoisotopic (exact) mass is 410 g/mol. The van der Waals surface area contributed by atoms with Crippen molar-refractivity contribution in [1.82, 2.24) is 20.0 Å². The minimum atomic E-state index is -0.119. The third kappa shape index (κ3) is 3.72. The van der Waals surface area contributed by atoms with E-state index in [4.69, 9.17) is 9.47 Å². The molecule has 1 aromatic heterocycles. The molecule has 7 nitrogen and oxygen atoms in total. The van der Waals surface area contributed by atoms with Gasteiger partial charge in [0.2, 0.25) is 0 Å². The Morgan fingerprint density at radius 2 is 2.03 bits per heavy atom. The highest BCUT2D eigenvalue weighted by molar-refractivity contribution is 5.92. The van der Waals surface area contributed by atoms with Gasteiger partial charge in [-0.15, -0.1) is 0 Å². The third-order valence-corrected chi connectivity index (χ3v) is 6.76. The largest absolute Gasteiger partial charge is 0.491 e. The zero-order valence-corrected chi connectivity index (χ0v) is 17.8. The molecule has 2 unspecified atom stereocenters. The lowest BCUT2D eigenvalue weighted by molar-refractivity contribution is 0.0233. The molecule has 0 spiro atoms. The number of aromatic nitrogens is 2. The highest BCUT2D eigenvalue weighted by Crippen LogP contribution is 2.34. The van der Waals surface area contributed by atoms with Crippen LogP contribution in [0.25, 0.3) is 0 Å². The number of benzene rings is 1. The highest BCUT2D eigenvalue weighted by atomic mass is 16.5. The van der Waals surface area contributed by atoms with E-state index in [-0.39, 0.29) is 17.9 Å². The predicted octanol–water partition coefficient (Wildman–Crippen LogP) is 2.48. The van der Waals surface area contributed by atoms with Crippen molar-refractivity contribution < 1.29 is 14.3 Å². The summed E-state index contributed by atoms with van der Waals surface area (Å²) in [5.74, 6) is 0.995. The Labute approximate surface area is 177 Å². The molecule has 160 valence electrons. The fourth-order valence-electron chi connectivity index (χ4n) is 4.86. The average Bonchev–Trinajstić information content (AvgIpc) is 3.20. The van der Waals surface area contributed by atoms with Crippen molar-refractivity contribution in [1.29, 1.82) is 0 Å². The van der Waals surface area contributed by atoms with Crippen LogP contribution in [0, 0.1) is 6.92 Å². The molecule has 1 saturated heterocycles. The lowest BCUT2D eigenvalue weighted by Crippen LogP contribution is -2.45. The van der Waals surface area contributed by atoms with Gasteiger partial charge in [0, 0.05) is 38.3 Å². The molecule has 7 heteroatoms. The van der Waals surface area contributed by atoms with Gasteiger partial charge in [0.05, 0.1) is 18.3 Å². The van der Waals surface area contributed by atoms with Crippen LogP contribution in [0.15, 0.2) is 24.3 Å². The number of aryl methyl sites for hydroxylation is 1. The first kappa shape index (κ1) is 19.6. The Bertz CT molecular complexity index is 935. The summed E-state index contributed by atoms with van der Waals surface area (Å²) in [6.07, 6.45) is 2.17. The minimum Gasteiger partial charge on any atom is -0.491 e. The molecule has 0 saturated carbocycles. The Morgan fingerprint density at radius 3 is 2.87 bits per heavy atom. The van der Waals surface area contributed by atoms with E-state index in [1.54, 1.807) is 0 Å². The molecule has 0 radical (unpaired) electrons. The van der Waals surface area contributed by atoms with Gasteiger partial charge in [-0.2, -0.15) is 5.10 Å². The fraction of sp³-hybridized carbons (Fsp3) is 0.565. The third-order valence-electron chi connectivity index (χ3n) is 6.76. The zero-order valence-electron chi connectivity index (χ0n) is 17.8. The van der Waals surface area contributed by atoms with Crippen molar-refractivity contribution >= 4 is 5.91 Å². The van der Waals surface area contributed by atoms with Crippen LogP contribution in [-0.2, 0) is 17.8 Å². The first-order chi connectivity index (χ1) is 14.6. The number of carbonyl (C=O) groups is 1. The average molecular weight is 411 g/mol. The lowest BCUT2D eigenvalue weighted by Gasteiger charge is -2.36. The van der Waals surface area contributed by atoms with E-state index in [0.717, 1.165) is 62.7 Å². The van der Waals surface area contributed by atoms with Crippen molar-refractivity contribution in [2.45, 2.75) is 57.8 Å². The van der Waals surface area contributed by atoms with Gasteiger partial charge in [-0.1, -0.05) is 24.6 Å². The van der Waals surface area contributed by atoms with Crippen LogP contribution in [0.5, 0.6) is 5.75 Å². The number of rotatable bonds is 3. The molecule has 5 rings (SSSR count). The second kappa shape index (κ2) is 8.04. The first-order valence-electron chi connectivity index (χ1n) is 11.0. The summed E-state index contributed by atoms with van der Waals surface area (Å²) in [4.78, 5) is 15.5. The van der Waals surface area contributed by atoms with Crippen molar-refractivity contribution in [3.05, 3.63) is 46.8 Å². The molecule has 0 bridgehead atoms. The maximum absolute atomic E-state index is 13.0. The molecule has 1 amide bonds. The summed E-state index contributed by atoms with van der Waals surface area (Å²) in [7, 11) is 0. The van der Waals surface area contributed by atoms with E-state index in [9.17, 15) is 4.79 Å². The number of amides is 1. The van der Waals surface area contributed by atoms with Gasteiger partial charge in [0.1, 0.15) is 12.4 Å². The summed E-state index contributed by atoms with van der Waals surface area (Å²) < 4.78 is 13.4. The Hall–Kier alpha value is -2.38. The molecule has 1 aromatic carbocycles. The summed E-state index contributed by atoms with van der Waals surface area (Å²) in [5.41, 5.74) is 3.97. The SMILES string of the molecule is Cc1ccc2c(c1)C(C)C(NC(=O)c1cc3n(n1)CCN(C1CCOCC1)C3)CO2. The first-order valence-corrected chi connectivity index (χ1v) is 11.0. The van der Waals surface area contributed by atoms with Crippen LogP contribution >= 0.6 is 0 Å². The molecule has 1 N–H and O–H groups in total. The summed E-state index contributed by atoms with van der Waals surface area (Å²) >= 11 is 0. The second-order valence-electron chi connectivity index (χ2n) is 8.78. The smallest absolute Gasteiger partial charge is 0.272 e. The molecular weight excluding hydrogens is 380 g/mol. The summed E-state index contributed by atoms with van der Waals surface area (Å²) in [5, 5.41) is 7.75.